The third kappa shape index (κ3) is 5.09. The highest BCUT2D eigenvalue weighted by molar-refractivity contribution is 7.91. The molecule has 0 fully saturated rings. The first-order chi connectivity index (χ1) is 11.8. The zero-order valence-corrected chi connectivity index (χ0v) is 14.4. The first kappa shape index (κ1) is 18.5. The van der Waals surface area contributed by atoms with Gasteiger partial charge in [-0.2, -0.15) is 0 Å². The summed E-state index contributed by atoms with van der Waals surface area (Å²) in [7, 11) is -3.40. The second-order valence-electron chi connectivity index (χ2n) is 5.36. The van der Waals surface area contributed by atoms with Crippen molar-refractivity contribution in [2.24, 2.45) is 0 Å². The molecule has 2 aromatic carbocycles. The molecule has 0 saturated heterocycles. The number of hydrogen-bond acceptors (Lipinski definition) is 5. The lowest BCUT2D eigenvalue weighted by Gasteiger charge is -2.06. The van der Waals surface area contributed by atoms with Crippen molar-refractivity contribution < 1.29 is 28.2 Å². The van der Waals surface area contributed by atoms with Gasteiger partial charge in [-0.3, -0.25) is 0 Å². The van der Waals surface area contributed by atoms with Crippen LogP contribution >= 0.6 is 0 Å². The molecule has 25 heavy (non-hydrogen) atoms. The summed E-state index contributed by atoms with van der Waals surface area (Å²) in [5.41, 5.74) is 0.723. The van der Waals surface area contributed by atoms with E-state index in [1.807, 2.05) is 6.92 Å². The van der Waals surface area contributed by atoms with E-state index in [2.05, 4.69) is 0 Å². The monoisotopic (exact) mass is 362 g/mol. The van der Waals surface area contributed by atoms with Crippen LogP contribution in [0.5, 0.6) is 11.5 Å². The zero-order chi connectivity index (χ0) is 18.4. The van der Waals surface area contributed by atoms with Gasteiger partial charge in [-0.05, 0) is 37.3 Å². The van der Waals surface area contributed by atoms with E-state index in [4.69, 9.17) is 9.84 Å². The average Bonchev–Trinajstić information content (AvgIpc) is 2.56. The van der Waals surface area contributed by atoms with Gasteiger partial charge in [0.1, 0.15) is 23.7 Å². The highest BCUT2D eigenvalue weighted by Crippen LogP contribution is 2.23. The van der Waals surface area contributed by atoms with Crippen LogP contribution in [0.3, 0.4) is 0 Å². The molecule has 2 aromatic rings. The van der Waals surface area contributed by atoms with E-state index >= 15 is 0 Å². The van der Waals surface area contributed by atoms with Gasteiger partial charge in [0.05, 0.1) is 10.6 Å². The quantitative estimate of drug-likeness (QED) is 0.735. The van der Waals surface area contributed by atoms with Crippen LogP contribution in [0.1, 0.15) is 15.9 Å². The topological polar surface area (TPSA) is 101 Å². The van der Waals surface area contributed by atoms with Gasteiger partial charge in [0, 0.05) is 0 Å². The summed E-state index contributed by atoms with van der Waals surface area (Å²) in [6, 6.07) is 10.5. The van der Waals surface area contributed by atoms with Gasteiger partial charge in [-0.15, -0.1) is 0 Å². The molecule has 0 aliphatic heterocycles. The number of carbonyl (C=O) groups is 1. The van der Waals surface area contributed by atoms with E-state index in [1.165, 1.54) is 24.3 Å². The number of sulfone groups is 1. The molecule has 6 nitrogen and oxygen atoms in total. The fourth-order valence-corrected chi connectivity index (χ4v) is 3.16. The van der Waals surface area contributed by atoms with Crippen molar-refractivity contribution in [3.05, 3.63) is 65.7 Å². The number of rotatable bonds is 7. The number of carboxylic acid groups (broad SMARTS) is 1. The molecule has 0 amide bonds. The Morgan fingerprint density at radius 2 is 1.80 bits per heavy atom. The molecule has 132 valence electrons. The molecule has 0 unspecified atom stereocenters. The van der Waals surface area contributed by atoms with Gasteiger partial charge in [0.15, 0.2) is 9.84 Å². The van der Waals surface area contributed by atoms with Crippen LogP contribution in [0, 0.1) is 6.92 Å². The molecule has 7 heteroatoms. The van der Waals surface area contributed by atoms with Gasteiger partial charge >= 0.3 is 5.97 Å². The Hall–Kier alpha value is -2.80. The molecular formula is C18H18O6S. The fourth-order valence-electron chi connectivity index (χ4n) is 2.03. The van der Waals surface area contributed by atoms with Crippen molar-refractivity contribution in [2.45, 2.75) is 11.8 Å². The van der Waals surface area contributed by atoms with E-state index in [0.29, 0.717) is 0 Å². The summed E-state index contributed by atoms with van der Waals surface area (Å²) >= 11 is 0. The van der Waals surface area contributed by atoms with Gasteiger partial charge in [0.2, 0.25) is 0 Å². The maximum Gasteiger partial charge on any atom is 0.339 e. The van der Waals surface area contributed by atoms with Crippen molar-refractivity contribution >= 4 is 15.8 Å². The van der Waals surface area contributed by atoms with Crippen LogP contribution in [-0.4, -0.2) is 37.0 Å². The normalized spacial score (nSPS) is 11.6. The predicted molar refractivity (Wildman–Crippen MR) is 92.9 cm³/mol. The smallest absolute Gasteiger partial charge is 0.339 e. The van der Waals surface area contributed by atoms with E-state index in [-0.39, 0.29) is 34.3 Å². The van der Waals surface area contributed by atoms with Gasteiger partial charge in [-0.1, -0.05) is 29.8 Å². The van der Waals surface area contributed by atoms with Gasteiger partial charge < -0.3 is 14.9 Å². The molecule has 2 N–H and O–H groups in total. The SMILES string of the molecule is Cc1ccc(S(=O)(=O)CC=CCOc2ccc(O)c(C(=O)O)c2)cc1. The third-order valence-corrected chi connectivity index (χ3v) is 5.03. The molecule has 0 heterocycles. The lowest BCUT2D eigenvalue weighted by molar-refractivity contribution is 0.0693. The number of phenols is 1. The number of carboxylic acids is 1. The van der Waals surface area contributed by atoms with Gasteiger partial charge in [-0.25, -0.2) is 13.2 Å². The average molecular weight is 362 g/mol. The van der Waals surface area contributed by atoms with Crippen molar-refractivity contribution in [1.29, 1.82) is 0 Å². The van der Waals surface area contributed by atoms with Crippen molar-refractivity contribution in [3.63, 3.8) is 0 Å². The minimum atomic E-state index is -3.40. The van der Waals surface area contributed by atoms with E-state index < -0.39 is 15.8 Å². The largest absolute Gasteiger partial charge is 0.507 e. The highest BCUT2D eigenvalue weighted by atomic mass is 32.2. The first-order valence-electron chi connectivity index (χ1n) is 7.43. The second-order valence-corrected chi connectivity index (χ2v) is 7.40. The number of aryl methyl sites for hydroxylation is 1. The Labute approximate surface area is 145 Å². The first-order valence-corrected chi connectivity index (χ1v) is 9.08. The lowest BCUT2D eigenvalue weighted by atomic mass is 10.2. The second kappa shape index (κ2) is 7.85. The molecule has 2 rings (SSSR count). The molecule has 0 saturated carbocycles. The Balaban J connectivity index is 1.92. The summed E-state index contributed by atoms with van der Waals surface area (Å²) in [6.45, 7) is 1.96. The van der Waals surface area contributed by atoms with Crippen LogP contribution in [0.4, 0.5) is 0 Å². The highest BCUT2D eigenvalue weighted by Gasteiger charge is 2.12. The maximum atomic E-state index is 12.1. The summed E-state index contributed by atoms with van der Waals surface area (Å²) in [5, 5.41) is 18.3. The summed E-state index contributed by atoms with van der Waals surface area (Å²) < 4.78 is 29.6. The lowest BCUT2D eigenvalue weighted by Crippen LogP contribution is -2.05. The molecule has 0 radical (unpaired) electrons. The fraction of sp³-hybridized carbons (Fsp3) is 0.167. The number of hydrogen-bond donors (Lipinski definition) is 2. The minimum absolute atomic E-state index is 0.0766. The third-order valence-electron chi connectivity index (χ3n) is 3.41. The zero-order valence-electron chi connectivity index (χ0n) is 13.5. The Kier molecular flexibility index (Phi) is 5.82. The van der Waals surface area contributed by atoms with Crippen LogP contribution < -0.4 is 4.74 Å². The van der Waals surface area contributed by atoms with Crippen LogP contribution in [0.2, 0.25) is 0 Å². The number of ether oxygens (including phenoxy) is 1. The van der Waals surface area contributed by atoms with Crippen LogP contribution in [0.15, 0.2) is 59.5 Å². The molecular weight excluding hydrogens is 344 g/mol. The summed E-state index contributed by atoms with van der Waals surface area (Å²) in [4.78, 5) is 11.2. The standard InChI is InChI=1S/C18H18O6S/c1-13-4-7-15(8-5-13)25(22,23)11-3-2-10-24-14-6-9-17(19)16(12-14)18(20)21/h2-9,12,19H,10-11H2,1H3,(H,20,21). The Morgan fingerprint density at radius 3 is 2.44 bits per heavy atom. The molecule has 0 atom stereocenters. The Bertz CT molecular complexity index is 882. The van der Waals surface area contributed by atoms with Crippen LogP contribution in [0.25, 0.3) is 0 Å². The molecule has 0 aromatic heterocycles. The van der Waals surface area contributed by atoms with Crippen LogP contribution in [-0.2, 0) is 9.84 Å². The van der Waals surface area contributed by atoms with Crippen molar-refractivity contribution in [1.82, 2.24) is 0 Å². The predicted octanol–water partition coefficient (Wildman–Crippen LogP) is 2.81. The van der Waals surface area contributed by atoms with E-state index in [9.17, 15) is 18.3 Å². The maximum absolute atomic E-state index is 12.1. The number of aromatic carboxylic acids is 1. The molecule has 0 aliphatic carbocycles. The van der Waals surface area contributed by atoms with E-state index in [1.54, 1.807) is 30.3 Å². The minimum Gasteiger partial charge on any atom is -0.507 e. The summed E-state index contributed by atoms with van der Waals surface area (Å²) in [5.74, 6) is -1.50. The van der Waals surface area contributed by atoms with Gasteiger partial charge in [0.25, 0.3) is 0 Å². The summed E-state index contributed by atoms with van der Waals surface area (Å²) in [6.07, 6.45) is 3.02. The number of benzene rings is 2. The van der Waals surface area contributed by atoms with E-state index in [0.717, 1.165) is 5.56 Å². The Morgan fingerprint density at radius 1 is 1.12 bits per heavy atom. The molecule has 0 bridgehead atoms. The van der Waals surface area contributed by atoms with Crippen molar-refractivity contribution in [3.8, 4) is 11.5 Å². The van der Waals surface area contributed by atoms with Crippen molar-refractivity contribution in [2.75, 3.05) is 12.4 Å². The molecule has 0 aliphatic rings. The number of aromatic hydroxyl groups is 1. The molecule has 0 spiro atoms.